The third kappa shape index (κ3) is 4.95. The van der Waals surface area contributed by atoms with Crippen molar-refractivity contribution in [2.45, 2.75) is 72.8 Å². The van der Waals surface area contributed by atoms with Crippen molar-refractivity contribution in [2.24, 2.45) is 0 Å². The van der Waals surface area contributed by atoms with Gasteiger partial charge in [-0.25, -0.2) is 0 Å². The van der Waals surface area contributed by atoms with Gasteiger partial charge in [0.25, 0.3) is 0 Å². The second kappa shape index (κ2) is 8.19. The highest BCUT2D eigenvalue weighted by Gasteiger charge is 2.30. The standard InChI is InChI=1S/C24H33O/c1-7-8-9-21(22-12-10-17(2)14-19(22)4)16-24(6,25)23-13-11-18(3)15-20(23)5/h10-15,25H,7-9,16H2,1-6H3. The molecule has 0 saturated carbocycles. The van der Waals surface area contributed by atoms with Crippen LogP contribution in [0.2, 0.25) is 0 Å². The van der Waals surface area contributed by atoms with Crippen LogP contribution in [0.15, 0.2) is 36.4 Å². The van der Waals surface area contributed by atoms with Crippen molar-refractivity contribution in [3.05, 3.63) is 75.7 Å². The summed E-state index contributed by atoms with van der Waals surface area (Å²) in [7, 11) is 0. The SMILES string of the molecule is CCCC[C](CC(C)(O)c1ccc(C)cc1C)c1ccc(C)cc1C. The number of hydrogen-bond donors (Lipinski definition) is 1. The van der Waals surface area contributed by atoms with Crippen molar-refractivity contribution in [1.82, 2.24) is 0 Å². The quantitative estimate of drug-likeness (QED) is 0.626. The molecule has 2 aromatic rings. The molecular weight excluding hydrogens is 304 g/mol. The van der Waals surface area contributed by atoms with E-state index < -0.39 is 5.60 Å². The maximum Gasteiger partial charge on any atom is 0.0879 e. The number of benzene rings is 2. The van der Waals surface area contributed by atoms with E-state index in [0.29, 0.717) is 6.42 Å². The third-order valence-electron chi connectivity index (χ3n) is 5.11. The molecule has 0 aromatic heterocycles. The molecule has 0 aliphatic heterocycles. The van der Waals surface area contributed by atoms with Gasteiger partial charge in [0.2, 0.25) is 0 Å². The molecule has 0 heterocycles. The van der Waals surface area contributed by atoms with E-state index in [1.54, 1.807) is 0 Å². The first-order valence-corrected chi connectivity index (χ1v) is 9.47. The summed E-state index contributed by atoms with van der Waals surface area (Å²) < 4.78 is 0. The lowest BCUT2D eigenvalue weighted by Crippen LogP contribution is -2.26. The van der Waals surface area contributed by atoms with Crippen LogP contribution < -0.4 is 0 Å². The molecular formula is C24H33O. The minimum atomic E-state index is -0.849. The Labute approximate surface area is 154 Å². The van der Waals surface area contributed by atoms with Crippen LogP contribution in [0.5, 0.6) is 0 Å². The molecule has 1 unspecified atom stereocenters. The first-order valence-electron chi connectivity index (χ1n) is 9.47. The maximum atomic E-state index is 11.3. The minimum absolute atomic E-state index is 0.681. The molecule has 2 aromatic carbocycles. The summed E-state index contributed by atoms with van der Waals surface area (Å²) in [4.78, 5) is 0. The Bertz CT molecular complexity index is 712. The highest BCUT2D eigenvalue weighted by atomic mass is 16.3. The molecule has 0 aliphatic carbocycles. The summed E-state index contributed by atoms with van der Waals surface area (Å²) in [6, 6.07) is 13.0. The number of unbranched alkanes of at least 4 members (excludes halogenated alkanes) is 1. The Balaban J connectivity index is 2.34. The maximum absolute atomic E-state index is 11.3. The van der Waals surface area contributed by atoms with Crippen LogP contribution in [0.3, 0.4) is 0 Å². The van der Waals surface area contributed by atoms with Crippen LogP contribution in [-0.4, -0.2) is 5.11 Å². The molecule has 0 saturated heterocycles. The van der Waals surface area contributed by atoms with Crippen LogP contribution in [0.1, 0.15) is 72.9 Å². The predicted molar refractivity (Wildman–Crippen MR) is 108 cm³/mol. The highest BCUT2D eigenvalue weighted by Crippen LogP contribution is 2.38. The van der Waals surface area contributed by atoms with E-state index in [0.717, 1.165) is 18.4 Å². The van der Waals surface area contributed by atoms with E-state index in [4.69, 9.17) is 0 Å². The van der Waals surface area contributed by atoms with E-state index >= 15 is 0 Å². The molecule has 0 amide bonds. The molecule has 0 bridgehead atoms. The van der Waals surface area contributed by atoms with Gasteiger partial charge >= 0.3 is 0 Å². The summed E-state index contributed by atoms with van der Waals surface area (Å²) >= 11 is 0. The van der Waals surface area contributed by atoms with E-state index in [1.165, 1.54) is 40.2 Å². The summed E-state index contributed by atoms with van der Waals surface area (Å²) in [5.41, 5.74) is 6.50. The zero-order valence-corrected chi connectivity index (χ0v) is 16.7. The Hall–Kier alpha value is -1.60. The number of aliphatic hydroxyl groups is 1. The molecule has 0 spiro atoms. The van der Waals surface area contributed by atoms with Gasteiger partial charge in [-0.1, -0.05) is 67.3 Å². The summed E-state index contributed by atoms with van der Waals surface area (Å²) in [5.74, 6) is 1.37. The van der Waals surface area contributed by atoms with E-state index in [9.17, 15) is 5.11 Å². The van der Waals surface area contributed by atoms with Crippen molar-refractivity contribution in [3.8, 4) is 0 Å². The van der Waals surface area contributed by atoms with Gasteiger partial charge in [0.15, 0.2) is 0 Å². The van der Waals surface area contributed by atoms with Gasteiger partial charge in [-0.3, -0.25) is 0 Å². The van der Waals surface area contributed by atoms with Crippen molar-refractivity contribution in [2.75, 3.05) is 0 Å². The van der Waals surface area contributed by atoms with Gasteiger partial charge in [0.1, 0.15) is 0 Å². The number of rotatable bonds is 7. The molecule has 1 radical (unpaired) electrons. The summed E-state index contributed by atoms with van der Waals surface area (Å²) in [6.07, 6.45) is 4.05. The van der Waals surface area contributed by atoms with Crippen LogP contribution >= 0.6 is 0 Å². The summed E-state index contributed by atoms with van der Waals surface area (Å²) in [5, 5.41) is 11.3. The molecule has 1 nitrogen and oxygen atoms in total. The van der Waals surface area contributed by atoms with Crippen LogP contribution in [-0.2, 0) is 5.60 Å². The van der Waals surface area contributed by atoms with Crippen molar-refractivity contribution < 1.29 is 5.11 Å². The summed E-state index contributed by atoms with van der Waals surface area (Å²) in [6.45, 7) is 12.7. The Morgan fingerprint density at radius 1 is 0.920 bits per heavy atom. The van der Waals surface area contributed by atoms with Crippen molar-refractivity contribution >= 4 is 0 Å². The van der Waals surface area contributed by atoms with Gasteiger partial charge in [-0.2, -0.15) is 0 Å². The van der Waals surface area contributed by atoms with Crippen molar-refractivity contribution in [3.63, 3.8) is 0 Å². The van der Waals surface area contributed by atoms with Gasteiger partial charge in [0, 0.05) is 5.92 Å². The average molecular weight is 338 g/mol. The second-order valence-corrected chi connectivity index (χ2v) is 7.79. The molecule has 1 N–H and O–H groups in total. The largest absolute Gasteiger partial charge is 0.385 e. The van der Waals surface area contributed by atoms with Crippen molar-refractivity contribution in [1.29, 1.82) is 0 Å². The molecule has 1 atom stereocenters. The van der Waals surface area contributed by atoms with Crippen LogP contribution in [0.4, 0.5) is 0 Å². The first-order chi connectivity index (χ1) is 11.7. The fourth-order valence-electron chi connectivity index (χ4n) is 3.85. The zero-order valence-electron chi connectivity index (χ0n) is 16.7. The number of hydrogen-bond acceptors (Lipinski definition) is 1. The predicted octanol–water partition coefficient (Wildman–Crippen LogP) is 6.33. The zero-order chi connectivity index (χ0) is 18.6. The fourth-order valence-corrected chi connectivity index (χ4v) is 3.85. The lowest BCUT2D eigenvalue weighted by Gasteiger charge is -2.31. The first kappa shape index (κ1) is 19.7. The van der Waals surface area contributed by atoms with E-state index in [-0.39, 0.29) is 0 Å². The number of aryl methyl sites for hydroxylation is 4. The molecule has 135 valence electrons. The normalized spacial score (nSPS) is 13.9. The molecule has 0 aliphatic rings. The Morgan fingerprint density at radius 2 is 1.52 bits per heavy atom. The molecule has 1 heteroatoms. The average Bonchev–Trinajstić information content (AvgIpc) is 2.51. The second-order valence-electron chi connectivity index (χ2n) is 7.79. The van der Waals surface area contributed by atoms with E-state index in [1.807, 2.05) is 6.92 Å². The molecule has 2 rings (SSSR count). The highest BCUT2D eigenvalue weighted by molar-refractivity contribution is 5.42. The Kier molecular flexibility index (Phi) is 6.46. The Morgan fingerprint density at radius 3 is 2.08 bits per heavy atom. The lowest BCUT2D eigenvalue weighted by atomic mass is 9.78. The minimum Gasteiger partial charge on any atom is -0.385 e. The van der Waals surface area contributed by atoms with Gasteiger partial charge in [-0.15, -0.1) is 0 Å². The van der Waals surface area contributed by atoms with Gasteiger partial charge < -0.3 is 5.11 Å². The lowest BCUT2D eigenvalue weighted by molar-refractivity contribution is 0.0511. The molecule has 25 heavy (non-hydrogen) atoms. The van der Waals surface area contributed by atoms with Gasteiger partial charge in [0.05, 0.1) is 5.60 Å². The molecule has 0 fully saturated rings. The fraction of sp³-hybridized carbons (Fsp3) is 0.458. The van der Waals surface area contributed by atoms with Gasteiger partial charge in [-0.05, 0) is 69.7 Å². The van der Waals surface area contributed by atoms with Crippen LogP contribution in [0.25, 0.3) is 0 Å². The van der Waals surface area contributed by atoms with Crippen LogP contribution in [0, 0.1) is 33.6 Å². The van der Waals surface area contributed by atoms with E-state index in [2.05, 4.69) is 71.0 Å². The smallest absolute Gasteiger partial charge is 0.0879 e. The monoisotopic (exact) mass is 337 g/mol. The third-order valence-corrected chi connectivity index (χ3v) is 5.11. The topological polar surface area (TPSA) is 20.2 Å².